The van der Waals surface area contributed by atoms with Crippen LogP contribution < -0.4 is 14.2 Å². The number of hydrogen-bond donors (Lipinski definition) is 0. The Bertz CT molecular complexity index is 439. The number of rotatable bonds is 1. The predicted molar refractivity (Wildman–Crippen MR) is 53.7 cm³/mol. The highest BCUT2D eigenvalue weighted by Gasteiger charge is 2.22. The number of fused-ring (bicyclic) bond motifs is 1. The third-order valence-electron chi connectivity index (χ3n) is 2.06. The molecule has 15 heavy (non-hydrogen) atoms. The van der Waals surface area contributed by atoms with E-state index in [0.29, 0.717) is 35.5 Å². The molecule has 1 aromatic carbocycles. The van der Waals surface area contributed by atoms with E-state index >= 15 is 0 Å². The second-order valence-corrected chi connectivity index (χ2v) is 3.31. The van der Waals surface area contributed by atoms with Crippen molar-refractivity contribution in [2.24, 2.45) is 0 Å². The zero-order chi connectivity index (χ0) is 10.8. The Labute approximate surface area is 91.9 Å². The molecule has 0 N–H and O–H groups in total. The van der Waals surface area contributed by atoms with E-state index in [2.05, 4.69) is 0 Å². The van der Waals surface area contributed by atoms with Crippen LogP contribution in [-0.2, 0) is 0 Å². The fraction of sp³-hybridized carbons (Fsp3) is 0.300. The van der Waals surface area contributed by atoms with Crippen molar-refractivity contribution >= 4 is 11.6 Å². The van der Waals surface area contributed by atoms with Crippen molar-refractivity contribution in [1.82, 2.24) is 0 Å². The van der Waals surface area contributed by atoms with Gasteiger partial charge in [-0.1, -0.05) is 11.6 Å². The second-order valence-electron chi connectivity index (χ2n) is 2.90. The molecule has 78 valence electrons. The van der Waals surface area contributed by atoms with Crippen molar-refractivity contribution in [3.05, 3.63) is 16.7 Å². The molecule has 0 bridgehead atoms. The summed E-state index contributed by atoms with van der Waals surface area (Å²) in [5.41, 5.74) is 0.278. The van der Waals surface area contributed by atoms with Crippen molar-refractivity contribution in [1.29, 1.82) is 5.26 Å². The zero-order valence-electron chi connectivity index (χ0n) is 8.04. The first kappa shape index (κ1) is 9.94. The van der Waals surface area contributed by atoms with E-state index in [1.54, 1.807) is 6.07 Å². The largest absolute Gasteiger partial charge is 0.494 e. The van der Waals surface area contributed by atoms with Gasteiger partial charge in [-0.3, -0.25) is 0 Å². The van der Waals surface area contributed by atoms with Crippen LogP contribution in [0.1, 0.15) is 5.56 Å². The van der Waals surface area contributed by atoms with Gasteiger partial charge < -0.3 is 14.2 Å². The number of benzene rings is 1. The molecule has 1 aliphatic heterocycles. The van der Waals surface area contributed by atoms with Gasteiger partial charge in [-0.25, -0.2) is 0 Å². The first-order valence-electron chi connectivity index (χ1n) is 4.34. The van der Waals surface area contributed by atoms with Gasteiger partial charge in [-0.2, -0.15) is 5.26 Å². The average Bonchev–Trinajstić information content (AvgIpc) is 2.27. The van der Waals surface area contributed by atoms with Crippen LogP contribution in [0.4, 0.5) is 0 Å². The van der Waals surface area contributed by atoms with Gasteiger partial charge in [0.2, 0.25) is 0 Å². The van der Waals surface area contributed by atoms with E-state index in [1.807, 2.05) is 6.07 Å². The lowest BCUT2D eigenvalue weighted by atomic mass is 10.1. The SMILES string of the molecule is COc1c(Cl)cc2c(c1C#N)OCCO2. The summed E-state index contributed by atoms with van der Waals surface area (Å²) in [7, 11) is 1.46. The number of ether oxygens (including phenoxy) is 3. The number of nitrogens with zero attached hydrogens (tertiary/aromatic N) is 1. The fourth-order valence-electron chi connectivity index (χ4n) is 1.44. The van der Waals surface area contributed by atoms with Crippen LogP contribution in [0, 0.1) is 11.3 Å². The van der Waals surface area contributed by atoms with E-state index in [0.717, 1.165) is 0 Å². The molecular weight excluding hydrogens is 218 g/mol. The lowest BCUT2D eigenvalue weighted by Crippen LogP contribution is -2.16. The maximum Gasteiger partial charge on any atom is 0.183 e. The third-order valence-corrected chi connectivity index (χ3v) is 2.34. The van der Waals surface area contributed by atoms with Crippen molar-refractivity contribution in [3.8, 4) is 23.3 Å². The van der Waals surface area contributed by atoms with Crippen LogP contribution in [-0.4, -0.2) is 20.3 Å². The number of nitriles is 1. The molecule has 1 aliphatic rings. The summed E-state index contributed by atoms with van der Waals surface area (Å²) in [6, 6.07) is 3.59. The molecular formula is C10H8ClNO3. The number of halogens is 1. The van der Waals surface area contributed by atoms with Gasteiger partial charge in [0.1, 0.15) is 24.8 Å². The standard InChI is InChI=1S/C10H8ClNO3/c1-13-9-6(5-12)10-8(4-7(9)11)14-2-3-15-10/h4H,2-3H2,1H3. The Morgan fingerprint density at radius 2 is 2.20 bits per heavy atom. The van der Waals surface area contributed by atoms with Crippen LogP contribution in [0.2, 0.25) is 5.02 Å². The summed E-state index contributed by atoms with van der Waals surface area (Å²) < 4.78 is 15.7. The minimum absolute atomic E-state index is 0.278. The summed E-state index contributed by atoms with van der Waals surface area (Å²) in [4.78, 5) is 0. The van der Waals surface area contributed by atoms with Gasteiger partial charge in [-0.15, -0.1) is 0 Å². The topological polar surface area (TPSA) is 51.5 Å². The Morgan fingerprint density at radius 1 is 1.47 bits per heavy atom. The van der Waals surface area contributed by atoms with Crippen LogP contribution in [0.15, 0.2) is 6.07 Å². The lowest BCUT2D eigenvalue weighted by Gasteiger charge is -2.20. The highest BCUT2D eigenvalue weighted by molar-refractivity contribution is 6.32. The van der Waals surface area contributed by atoms with Crippen LogP contribution in [0.5, 0.6) is 17.2 Å². The van der Waals surface area contributed by atoms with Crippen molar-refractivity contribution in [2.45, 2.75) is 0 Å². The van der Waals surface area contributed by atoms with E-state index in [4.69, 9.17) is 31.1 Å². The molecule has 0 saturated carbocycles. The minimum atomic E-state index is 0.278. The summed E-state index contributed by atoms with van der Waals surface area (Å²) in [5, 5.41) is 9.35. The van der Waals surface area contributed by atoms with Gasteiger partial charge in [0, 0.05) is 6.07 Å². The normalized spacial score (nSPS) is 13.1. The number of methoxy groups -OCH3 is 1. The summed E-state index contributed by atoms with van der Waals surface area (Å²) >= 11 is 5.93. The smallest absolute Gasteiger partial charge is 0.183 e. The molecule has 5 heteroatoms. The first-order chi connectivity index (χ1) is 7.27. The Hall–Kier alpha value is -1.60. The molecule has 0 amide bonds. The molecule has 0 spiro atoms. The van der Waals surface area contributed by atoms with Gasteiger partial charge in [0.25, 0.3) is 0 Å². The molecule has 1 aromatic rings. The quantitative estimate of drug-likeness (QED) is 0.734. The van der Waals surface area contributed by atoms with E-state index in [1.165, 1.54) is 7.11 Å². The Morgan fingerprint density at radius 3 is 2.87 bits per heavy atom. The van der Waals surface area contributed by atoms with Gasteiger partial charge >= 0.3 is 0 Å². The molecule has 1 heterocycles. The van der Waals surface area contributed by atoms with Crippen LogP contribution in [0.3, 0.4) is 0 Å². The van der Waals surface area contributed by atoms with Crippen molar-refractivity contribution in [2.75, 3.05) is 20.3 Å². The Kier molecular flexibility index (Phi) is 2.57. The summed E-state index contributed by atoms with van der Waals surface area (Å²) in [5.74, 6) is 1.22. The van der Waals surface area contributed by atoms with E-state index in [9.17, 15) is 0 Å². The van der Waals surface area contributed by atoms with E-state index in [-0.39, 0.29) is 5.56 Å². The maximum atomic E-state index is 9.01. The van der Waals surface area contributed by atoms with Crippen molar-refractivity contribution in [3.63, 3.8) is 0 Å². The monoisotopic (exact) mass is 225 g/mol. The highest BCUT2D eigenvalue weighted by Crippen LogP contribution is 2.43. The van der Waals surface area contributed by atoms with Gasteiger partial charge in [-0.05, 0) is 0 Å². The molecule has 0 saturated heterocycles. The molecule has 0 unspecified atom stereocenters. The molecule has 0 radical (unpaired) electrons. The molecule has 0 atom stereocenters. The van der Waals surface area contributed by atoms with Gasteiger partial charge in [0.05, 0.1) is 12.1 Å². The lowest BCUT2D eigenvalue weighted by molar-refractivity contribution is 0.170. The molecule has 4 nitrogen and oxygen atoms in total. The first-order valence-corrected chi connectivity index (χ1v) is 4.72. The van der Waals surface area contributed by atoms with Crippen molar-refractivity contribution < 1.29 is 14.2 Å². The Balaban J connectivity index is 2.66. The minimum Gasteiger partial charge on any atom is -0.494 e. The second kappa shape index (κ2) is 3.87. The molecule has 0 aromatic heterocycles. The van der Waals surface area contributed by atoms with Gasteiger partial charge in [0.15, 0.2) is 17.2 Å². The van der Waals surface area contributed by atoms with Crippen LogP contribution in [0.25, 0.3) is 0 Å². The highest BCUT2D eigenvalue weighted by atomic mass is 35.5. The molecule has 0 fully saturated rings. The maximum absolute atomic E-state index is 9.01. The van der Waals surface area contributed by atoms with E-state index < -0.39 is 0 Å². The summed E-state index contributed by atoms with van der Waals surface area (Å²) in [6.07, 6.45) is 0. The molecule has 0 aliphatic carbocycles. The molecule has 2 rings (SSSR count). The zero-order valence-corrected chi connectivity index (χ0v) is 8.80. The summed E-state index contributed by atoms with van der Waals surface area (Å²) in [6.45, 7) is 0.882. The third kappa shape index (κ3) is 1.55. The van der Waals surface area contributed by atoms with Crippen LogP contribution >= 0.6 is 11.6 Å². The fourth-order valence-corrected chi connectivity index (χ4v) is 1.71. The number of hydrogen-bond acceptors (Lipinski definition) is 4. The average molecular weight is 226 g/mol. The predicted octanol–water partition coefficient (Wildman–Crippen LogP) is 1.99.